The van der Waals surface area contributed by atoms with Crippen LogP contribution < -0.4 is 5.32 Å². The fourth-order valence-electron chi connectivity index (χ4n) is 5.86. The van der Waals surface area contributed by atoms with Gasteiger partial charge in [-0.05, 0) is 49.1 Å². The molecular weight excluding hydrogens is 537 g/mol. The molecule has 2 heterocycles. The molecule has 2 saturated heterocycles. The molecule has 210 valence electrons. The van der Waals surface area contributed by atoms with Crippen molar-refractivity contribution < 1.29 is 40.7 Å². The van der Waals surface area contributed by atoms with Gasteiger partial charge in [-0.25, -0.2) is 8.42 Å². The Morgan fingerprint density at radius 3 is 2.46 bits per heavy atom. The molecule has 1 saturated carbocycles. The molecule has 2 amide bonds. The molecule has 3 aliphatic rings. The van der Waals surface area contributed by atoms with Crippen LogP contribution in [0.2, 0.25) is 0 Å². The van der Waals surface area contributed by atoms with E-state index in [1.54, 1.807) is 23.1 Å². The lowest BCUT2D eigenvalue weighted by Crippen LogP contribution is -2.52. The van der Waals surface area contributed by atoms with E-state index in [4.69, 9.17) is 9.47 Å². The maximum atomic E-state index is 13.4. The molecule has 3 unspecified atom stereocenters. The van der Waals surface area contributed by atoms with Crippen LogP contribution in [0.25, 0.3) is 0 Å². The van der Waals surface area contributed by atoms with E-state index in [9.17, 15) is 31.2 Å². The van der Waals surface area contributed by atoms with Gasteiger partial charge in [-0.2, -0.15) is 13.2 Å². The second-order valence-electron chi connectivity index (χ2n) is 10.2. The van der Waals surface area contributed by atoms with Crippen molar-refractivity contribution in [3.05, 3.63) is 60.2 Å². The summed E-state index contributed by atoms with van der Waals surface area (Å²) in [5.41, 5.74) is -0.960. The van der Waals surface area contributed by atoms with Crippen LogP contribution in [-0.4, -0.2) is 62.5 Å². The third-order valence-electron chi connectivity index (χ3n) is 7.70. The highest BCUT2D eigenvalue weighted by molar-refractivity contribution is 7.91. The Labute approximate surface area is 224 Å². The van der Waals surface area contributed by atoms with Crippen molar-refractivity contribution in [2.75, 3.05) is 30.8 Å². The predicted molar refractivity (Wildman–Crippen MR) is 134 cm³/mol. The highest BCUT2D eigenvalue weighted by Gasteiger charge is 2.51. The normalized spacial score (nSPS) is 25.3. The van der Waals surface area contributed by atoms with Gasteiger partial charge in [-0.15, -0.1) is 0 Å². The lowest BCUT2D eigenvalue weighted by Gasteiger charge is -2.44. The second kappa shape index (κ2) is 10.5. The number of carbonyl (C=O) groups is 2. The van der Waals surface area contributed by atoms with Crippen LogP contribution in [-0.2, 0) is 35.1 Å². The molecule has 1 spiro atoms. The van der Waals surface area contributed by atoms with Gasteiger partial charge in [-0.1, -0.05) is 24.3 Å². The summed E-state index contributed by atoms with van der Waals surface area (Å²) in [6.07, 6.45) is -3.20. The summed E-state index contributed by atoms with van der Waals surface area (Å²) >= 11 is 0. The summed E-state index contributed by atoms with van der Waals surface area (Å²) in [7, 11) is -3.69. The topological polar surface area (TPSA) is 102 Å². The summed E-state index contributed by atoms with van der Waals surface area (Å²) in [5.74, 6) is -3.85. The number of sulfone groups is 1. The summed E-state index contributed by atoms with van der Waals surface area (Å²) < 4.78 is 77.5. The standard InChI is InChI=1S/C27H29F3N2O6S/c28-27(29,30)19-5-4-6-20(15-19)31-24(33)22-10-12-32(25(22)34)23-9-11-26(37-13-14-38-26)16-18(23)17-39(35,36)21-7-2-1-3-8-21/h1-8,15,18,22-23H,9-14,16-17H2,(H,31,33). The zero-order chi connectivity index (χ0) is 27.8. The van der Waals surface area contributed by atoms with Crippen molar-refractivity contribution in [3.63, 3.8) is 0 Å². The van der Waals surface area contributed by atoms with Crippen LogP contribution in [0.4, 0.5) is 18.9 Å². The minimum absolute atomic E-state index is 0.0527. The lowest BCUT2D eigenvalue weighted by molar-refractivity contribution is -0.195. The number of anilines is 1. The lowest BCUT2D eigenvalue weighted by atomic mass is 9.80. The van der Waals surface area contributed by atoms with Crippen molar-refractivity contribution in [3.8, 4) is 0 Å². The van der Waals surface area contributed by atoms with Crippen molar-refractivity contribution in [1.82, 2.24) is 4.90 Å². The van der Waals surface area contributed by atoms with Gasteiger partial charge in [0, 0.05) is 31.1 Å². The average molecular weight is 567 g/mol. The Kier molecular flexibility index (Phi) is 7.47. The predicted octanol–water partition coefficient (Wildman–Crippen LogP) is 3.88. The highest BCUT2D eigenvalue weighted by atomic mass is 32.2. The number of amides is 2. The highest BCUT2D eigenvalue weighted by Crippen LogP contribution is 2.43. The molecule has 12 heteroatoms. The largest absolute Gasteiger partial charge is 0.416 e. The first-order chi connectivity index (χ1) is 18.5. The maximum Gasteiger partial charge on any atom is 0.416 e. The van der Waals surface area contributed by atoms with Gasteiger partial charge in [0.05, 0.1) is 29.4 Å². The van der Waals surface area contributed by atoms with E-state index < -0.39 is 57.1 Å². The Bertz CT molecular complexity index is 1330. The number of halogens is 3. The monoisotopic (exact) mass is 566 g/mol. The first-order valence-corrected chi connectivity index (χ1v) is 14.5. The van der Waals surface area contributed by atoms with Crippen LogP contribution in [0.15, 0.2) is 59.5 Å². The molecule has 3 fully saturated rings. The minimum atomic E-state index is -4.57. The number of hydrogen-bond donors (Lipinski definition) is 1. The molecule has 0 radical (unpaired) electrons. The van der Waals surface area contributed by atoms with Gasteiger partial charge in [-0.3, -0.25) is 9.59 Å². The van der Waals surface area contributed by atoms with Crippen LogP contribution in [0, 0.1) is 11.8 Å². The third-order valence-corrected chi connectivity index (χ3v) is 9.56. The summed E-state index contributed by atoms with van der Waals surface area (Å²) in [5, 5.41) is 2.44. The zero-order valence-electron chi connectivity index (χ0n) is 21.0. The van der Waals surface area contributed by atoms with Crippen LogP contribution >= 0.6 is 0 Å². The molecule has 5 rings (SSSR count). The smallest absolute Gasteiger partial charge is 0.348 e. The number of carbonyl (C=O) groups excluding carboxylic acids is 2. The van der Waals surface area contributed by atoms with Crippen LogP contribution in [0.5, 0.6) is 0 Å². The summed E-state index contributed by atoms with van der Waals surface area (Å²) in [6.45, 7) is 1.05. The van der Waals surface area contributed by atoms with E-state index >= 15 is 0 Å². The number of likely N-dealkylation sites (tertiary alicyclic amines) is 1. The number of nitrogens with zero attached hydrogens (tertiary/aromatic N) is 1. The van der Waals surface area contributed by atoms with Crippen molar-refractivity contribution >= 4 is 27.3 Å². The Balaban J connectivity index is 1.33. The third kappa shape index (κ3) is 5.82. The molecule has 8 nitrogen and oxygen atoms in total. The molecule has 1 aliphatic carbocycles. The maximum absolute atomic E-state index is 13.4. The molecule has 2 aromatic carbocycles. The molecule has 2 aromatic rings. The number of ether oxygens (including phenoxy) is 2. The molecule has 0 aromatic heterocycles. The molecular formula is C27H29F3N2O6S. The Hall–Kier alpha value is -2.96. The SMILES string of the molecule is O=C(Nc1cccc(C(F)(F)F)c1)C1CCN(C2CCC3(CC2CS(=O)(=O)c2ccccc2)OCCO3)C1=O. The van der Waals surface area contributed by atoms with Crippen LogP contribution in [0.1, 0.15) is 31.2 Å². The fourth-order valence-corrected chi connectivity index (χ4v) is 7.53. The van der Waals surface area contributed by atoms with Gasteiger partial charge in [0.2, 0.25) is 11.8 Å². The first kappa shape index (κ1) is 27.6. The molecule has 1 N–H and O–H groups in total. The number of alkyl halides is 3. The quantitative estimate of drug-likeness (QED) is 0.533. The average Bonchev–Trinajstić information content (AvgIpc) is 3.51. The van der Waals surface area contributed by atoms with Crippen molar-refractivity contribution in [2.45, 2.75) is 48.6 Å². The van der Waals surface area contributed by atoms with E-state index in [0.29, 0.717) is 26.1 Å². The Morgan fingerprint density at radius 2 is 1.77 bits per heavy atom. The van der Waals surface area contributed by atoms with Crippen LogP contribution in [0.3, 0.4) is 0 Å². The zero-order valence-corrected chi connectivity index (χ0v) is 21.8. The van der Waals surface area contributed by atoms with Crippen molar-refractivity contribution in [2.24, 2.45) is 11.8 Å². The van der Waals surface area contributed by atoms with Crippen molar-refractivity contribution in [1.29, 1.82) is 0 Å². The molecule has 0 bridgehead atoms. The van der Waals surface area contributed by atoms with Gasteiger partial charge in [0.15, 0.2) is 15.6 Å². The number of rotatable bonds is 6. The van der Waals surface area contributed by atoms with E-state index in [-0.39, 0.29) is 35.7 Å². The van der Waals surface area contributed by atoms with E-state index in [0.717, 1.165) is 12.1 Å². The number of benzene rings is 2. The molecule has 3 atom stereocenters. The number of nitrogens with one attached hydrogen (secondary N) is 1. The second-order valence-corrected chi connectivity index (χ2v) is 12.2. The Morgan fingerprint density at radius 1 is 1.05 bits per heavy atom. The van der Waals surface area contributed by atoms with E-state index in [1.807, 2.05) is 0 Å². The minimum Gasteiger partial charge on any atom is -0.348 e. The van der Waals surface area contributed by atoms with Gasteiger partial charge < -0.3 is 19.7 Å². The van der Waals surface area contributed by atoms with E-state index in [1.165, 1.54) is 24.3 Å². The van der Waals surface area contributed by atoms with Gasteiger partial charge in [0.1, 0.15) is 5.92 Å². The molecule has 2 aliphatic heterocycles. The first-order valence-electron chi connectivity index (χ1n) is 12.8. The fraction of sp³-hybridized carbons (Fsp3) is 0.481. The molecule has 39 heavy (non-hydrogen) atoms. The summed E-state index contributed by atoms with van der Waals surface area (Å²) in [4.78, 5) is 28.1. The van der Waals surface area contributed by atoms with E-state index in [2.05, 4.69) is 5.32 Å². The number of hydrogen-bond acceptors (Lipinski definition) is 6. The van der Waals surface area contributed by atoms with Gasteiger partial charge >= 0.3 is 6.18 Å². The van der Waals surface area contributed by atoms with Gasteiger partial charge in [0.25, 0.3) is 0 Å². The summed E-state index contributed by atoms with van der Waals surface area (Å²) in [6, 6.07) is 11.9.